The lowest BCUT2D eigenvalue weighted by Gasteiger charge is -2.17. The first-order valence-corrected chi connectivity index (χ1v) is 9.25. The molecule has 3 aliphatic heterocycles. The van der Waals surface area contributed by atoms with Gasteiger partial charge in [-0.2, -0.15) is 0 Å². The van der Waals surface area contributed by atoms with Crippen LogP contribution in [0.15, 0.2) is 11.3 Å². The lowest BCUT2D eigenvalue weighted by molar-refractivity contribution is -0.123. The molecule has 0 radical (unpaired) electrons. The summed E-state index contributed by atoms with van der Waals surface area (Å²) in [5.74, 6) is 0.310. The van der Waals surface area contributed by atoms with Gasteiger partial charge in [0.2, 0.25) is 17.5 Å². The van der Waals surface area contributed by atoms with Crippen LogP contribution in [0.5, 0.6) is 0 Å². The fourth-order valence-electron chi connectivity index (χ4n) is 4.28. The van der Waals surface area contributed by atoms with Gasteiger partial charge in [0.25, 0.3) is 0 Å². The number of hydrogen-bond acceptors (Lipinski definition) is 6. The molecule has 1 aromatic rings. The Labute approximate surface area is 150 Å². The van der Waals surface area contributed by atoms with Crippen molar-refractivity contribution < 1.29 is 14.4 Å². The average Bonchev–Trinajstić information content (AvgIpc) is 3.04. The highest BCUT2D eigenvalue weighted by Gasteiger charge is 2.43. The van der Waals surface area contributed by atoms with Crippen LogP contribution in [0.3, 0.4) is 0 Å². The highest BCUT2D eigenvalue weighted by molar-refractivity contribution is 6.25. The lowest BCUT2D eigenvalue weighted by atomic mass is 9.95. The molecule has 4 heterocycles. The normalized spacial score (nSPS) is 27.0. The molecule has 2 fully saturated rings. The maximum absolute atomic E-state index is 12.9. The Hall–Kier alpha value is -2.48. The summed E-state index contributed by atoms with van der Waals surface area (Å²) >= 11 is 0. The van der Waals surface area contributed by atoms with Gasteiger partial charge in [-0.15, -0.1) is 0 Å². The van der Waals surface area contributed by atoms with Gasteiger partial charge in [-0.1, -0.05) is 0 Å². The number of Topliss-reactive ketones (excluding diaryl/α,β-unsaturated/α-hetero) is 2. The Morgan fingerprint density at radius 2 is 2.00 bits per heavy atom. The molecule has 1 amide bonds. The summed E-state index contributed by atoms with van der Waals surface area (Å²) in [4.78, 5) is 44.6. The third kappa shape index (κ3) is 2.18. The van der Waals surface area contributed by atoms with Crippen LogP contribution in [-0.2, 0) is 11.3 Å². The number of carbonyl (C=O) groups is 3. The average molecular weight is 355 g/mol. The summed E-state index contributed by atoms with van der Waals surface area (Å²) < 4.78 is 1.82. The minimum Gasteiger partial charge on any atom is -0.364 e. The second-order valence-corrected chi connectivity index (χ2v) is 7.44. The molecule has 4 aliphatic rings. The molecule has 0 unspecified atom stereocenters. The summed E-state index contributed by atoms with van der Waals surface area (Å²) in [6.07, 6.45) is 2.53. The topological polar surface area (TPSA) is 96.1 Å². The Kier molecular flexibility index (Phi) is 3.34. The molecule has 5 rings (SSSR count). The highest BCUT2D eigenvalue weighted by Crippen LogP contribution is 2.36. The molecule has 8 nitrogen and oxygen atoms in total. The Bertz CT molecular complexity index is 874. The molecule has 0 bridgehead atoms. The van der Waals surface area contributed by atoms with E-state index in [4.69, 9.17) is 0 Å². The molecule has 2 N–H and O–H groups in total. The molecular weight excluding hydrogens is 334 g/mol. The number of allylic oxidation sites excluding steroid dienone is 2. The molecule has 26 heavy (non-hydrogen) atoms. The van der Waals surface area contributed by atoms with E-state index in [0.29, 0.717) is 35.8 Å². The van der Waals surface area contributed by atoms with E-state index in [9.17, 15) is 14.4 Å². The van der Waals surface area contributed by atoms with Gasteiger partial charge in [-0.05, 0) is 32.7 Å². The minimum absolute atomic E-state index is 0.0290. The van der Waals surface area contributed by atoms with Crippen molar-refractivity contribution in [2.75, 3.05) is 19.6 Å². The molecule has 0 aromatic carbocycles. The van der Waals surface area contributed by atoms with Crippen molar-refractivity contribution in [2.45, 2.75) is 44.8 Å². The van der Waals surface area contributed by atoms with E-state index in [1.807, 2.05) is 9.47 Å². The Balaban J connectivity index is 1.46. The van der Waals surface area contributed by atoms with Crippen LogP contribution in [0.1, 0.15) is 59.0 Å². The van der Waals surface area contributed by atoms with Crippen LogP contribution in [0.4, 0.5) is 0 Å². The number of carbonyl (C=O) groups excluding carboxylic acids is 3. The number of nitrogens with zero attached hydrogens (tertiary/aromatic N) is 3. The SMILES string of the molecule is CC1=C(N2CC2)C(=O)c2nc3n(c2C1=O)CC[C@@H]3NC(=O)[C@@H]1CCCN1. The summed E-state index contributed by atoms with van der Waals surface area (Å²) in [6, 6.07) is -0.406. The van der Waals surface area contributed by atoms with Gasteiger partial charge in [0.1, 0.15) is 17.2 Å². The maximum Gasteiger partial charge on any atom is 0.237 e. The van der Waals surface area contributed by atoms with Gasteiger partial charge >= 0.3 is 0 Å². The molecule has 136 valence electrons. The van der Waals surface area contributed by atoms with Crippen LogP contribution in [-0.4, -0.2) is 57.6 Å². The van der Waals surface area contributed by atoms with Crippen molar-refractivity contribution in [3.8, 4) is 0 Å². The van der Waals surface area contributed by atoms with Gasteiger partial charge in [0, 0.05) is 25.2 Å². The summed E-state index contributed by atoms with van der Waals surface area (Å²) in [6.45, 7) is 4.78. The number of aromatic nitrogens is 2. The van der Waals surface area contributed by atoms with Gasteiger partial charge in [0.15, 0.2) is 0 Å². The first-order chi connectivity index (χ1) is 12.6. The van der Waals surface area contributed by atoms with Crippen molar-refractivity contribution in [3.05, 3.63) is 28.5 Å². The number of hydrogen-bond donors (Lipinski definition) is 2. The Morgan fingerprint density at radius 3 is 2.69 bits per heavy atom. The third-order valence-electron chi connectivity index (χ3n) is 5.75. The molecular formula is C18H21N5O3. The van der Waals surface area contributed by atoms with Gasteiger partial charge in [-0.25, -0.2) is 4.98 Å². The van der Waals surface area contributed by atoms with E-state index >= 15 is 0 Å². The predicted molar refractivity (Wildman–Crippen MR) is 91.7 cm³/mol. The molecule has 2 saturated heterocycles. The number of amides is 1. The largest absolute Gasteiger partial charge is 0.364 e. The zero-order chi connectivity index (χ0) is 18.0. The smallest absolute Gasteiger partial charge is 0.237 e. The summed E-state index contributed by atoms with van der Waals surface area (Å²) in [5, 5.41) is 6.23. The molecule has 0 spiro atoms. The summed E-state index contributed by atoms with van der Waals surface area (Å²) in [7, 11) is 0. The van der Waals surface area contributed by atoms with Crippen LogP contribution in [0.2, 0.25) is 0 Å². The van der Waals surface area contributed by atoms with Gasteiger partial charge < -0.3 is 20.1 Å². The predicted octanol–water partition coefficient (Wildman–Crippen LogP) is 0.165. The second kappa shape index (κ2) is 5.51. The number of rotatable bonds is 3. The minimum atomic E-state index is -0.249. The van der Waals surface area contributed by atoms with Crippen LogP contribution >= 0.6 is 0 Å². The number of nitrogens with one attached hydrogen (secondary N) is 2. The van der Waals surface area contributed by atoms with E-state index in [-0.39, 0.29) is 35.3 Å². The zero-order valence-corrected chi connectivity index (χ0v) is 14.7. The standard InChI is InChI=1S/C18H21N5O3/c1-9-13(22-7-8-22)16(25)12-14(15(9)24)23-6-4-10(17(23)21-12)20-18(26)11-3-2-5-19-11/h10-11,19H,2-8H2,1H3,(H,20,26)/t10-,11-/m0/s1. The third-order valence-corrected chi connectivity index (χ3v) is 5.75. The quantitative estimate of drug-likeness (QED) is 0.750. The molecule has 0 saturated carbocycles. The first kappa shape index (κ1) is 15.7. The summed E-state index contributed by atoms with van der Waals surface area (Å²) in [5.41, 5.74) is 1.64. The van der Waals surface area contributed by atoms with E-state index < -0.39 is 0 Å². The Morgan fingerprint density at radius 1 is 1.19 bits per heavy atom. The fraction of sp³-hybridized carbons (Fsp3) is 0.556. The number of fused-ring (bicyclic) bond motifs is 3. The highest BCUT2D eigenvalue weighted by atomic mass is 16.2. The van der Waals surface area contributed by atoms with Crippen LogP contribution in [0.25, 0.3) is 0 Å². The first-order valence-electron chi connectivity index (χ1n) is 9.25. The van der Waals surface area contributed by atoms with Crippen molar-refractivity contribution in [1.82, 2.24) is 25.1 Å². The van der Waals surface area contributed by atoms with Crippen LogP contribution in [0, 0.1) is 0 Å². The second-order valence-electron chi connectivity index (χ2n) is 7.44. The van der Waals surface area contributed by atoms with E-state index in [1.54, 1.807) is 6.92 Å². The van der Waals surface area contributed by atoms with Crippen molar-refractivity contribution in [3.63, 3.8) is 0 Å². The molecule has 8 heteroatoms. The number of imidazole rings is 1. The number of ketones is 2. The molecule has 2 atom stereocenters. The van der Waals surface area contributed by atoms with E-state index in [1.165, 1.54) is 0 Å². The molecule has 1 aromatic heterocycles. The van der Waals surface area contributed by atoms with Gasteiger partial charge in [-0.3, -0.25) is 14.4 Å². The van der Waals surface area contributed by atoms with Gasteiger partial charge in [0.05, 0.1) is 17.8 Å². The fourth-order valence-corrected chi connectivity index (χ4v) is 4.28. The van der Waals surface area contributed by atoms with E-state index in [2.05, 4.69) is 15.6 Å². The van der Waals surface area contributed by atoms with Crippen molar-refractivity contribution >= 4 is 17.5 Å². The van der Waals surface area contributed by atoms with Crippen LogP contribution < -0.4 is 10.6 Å². The maximum atomic E-state index is 12.9. The van der Waals surface area contributed by atoms with E-state index in [0.717, 1.165) is 32.5 Å². The lowest BCUT2D eigenvalue weighted by Crippen LogP contribution is -2.41. The van der Waals surface area contributed by atoms with Crippen molar-refractivity contribution in [2.24, 2.45) is 0 Å². The molecule has 1 aliphatic carbocycles. The van der Waals surface area contributed by atoms with Crippen molar-refractivity contribution in [1.29, 1.82) is 0 Å². The monoisotopic (exact) mass is 355 g/mol. The zero-order valence-electron chi connectivity index (χ0n) is 14.7.